The molecule has 0 saturated heterocycles. The van der Waals surface area contributed by atoms with Gasteiger partial charge in [0.25, 0.3) is 5.91 Å². The van der Waals surface area contributed by atoms with Crippen LogP contribution in [-0.2, 0) is 17.8 Å². The largest absolute Gasteiger partial charge is 0.481 e. The first-order valence-corrected chi connectivity index (χ1v) is 9.38. The van der Waals surface area contributed by atoms with Crippen molar-refractivity contribution in [3.8, 4) is 5.75 Å². The molecule has 0 saturated carbocycles. The number of oxazole rings is 1. The summed E-state index contributed by atoms with van der Waals surface area (Å²) in [7, 11) is 0. The Morgan fingerprint density at radius 3 is 2.75 bits per heavy atom. The van der Waals surface area contributed by atoms with Crippen LogP contribution in [0.25, 0.3) is 11.0 Å². The predicted molar refractivity (Wildman–Crippen MR) is 102 cm³/mol. The maximum atomic E-state index is 12.8. The zero-order valence-corrected chi connectivity index (χ0v) is 16.1. The number of benzene rings is 1. The van der Waals surface area contributed by atoms with Crippen LogP contribution in [0, 0.1) is 0 Å². The van der Waals surface area contributed by atoms with Crippen molar-refractivity contribution in [2.24, 2.45) is 0 Å². The van der Waals surface area contributed by atoms with Crippen LogP contribution >= 0.6 is 0 Å². The Balaban J connectivity index is 1.47. The predicted octanol–water partition coefficient (Wildman–Crippen LogP) is 3.26. The van der Waals surface area contributed by atoms with E-state index in [4.69, 9.17) is 13.6 Å². The fourth-order valence-corrected chi connectivity index (χ4v) is 3.28. The van der Waals surface area contributed by atoms with Crippen LogP contribution in [0.3, 0.4) is 0 Å². The van der Waals surface area contributed by atoms with Gasteiger partial charge in [0, 0.05) is 36.4 Å². The average molecular weight is 382 g/mol. The van der Waals surface area contributed by atoms with Gasteiger partial charge in [-0.1, -0.05) is 13.8 Å². The Bertz CT molecular complexity index is 1080. The van der Waals surface area contributed by atoms with E-state index in [9.17, 15) is 9.59 Å². The minimum atomic E-state index is -0.675. The molecule has 0 aliphatic carbocycles. The molecule has 1 aliphatic rings. The Morgan fingerprint density at radius 2 is 1.96 bits per heavy atom. The van der Waals surface area contributed by atoms with Crippen molar-refractivity contribution < 1.29 is 18.4 Å². The van der Waals surface area contributed by atoms with Gasteiger partial charge < -0.3 is 18.5 Å². The molecule has 1 aromatic carbocycles. The number of carbonyl (C=O) groups excluding carboxylic acids is 1. The molecule has 1 atom stereocenters. The molecule has 7 nitrogen and oxygen atoms in total. The van der Waals surface area contributed by atoms with Crippen LogP contribution in [0.5, 0.6) is 5.75 Å². The van der Waals surface area contributed by atoms with Gasteiger partial charge in [-0.25, -0.2) is 9.78 Å². The minimum Gasteiger partial charge on any atom is -0.481 e. The van der Waals surface area contributed by atoms with Crippen molar-refractivity contribution >= 4 is 16.9 Å². The highest BCUT2D eigenvalue weighted by Crippen LogP contribution is 2.25. The van der Waals surface area contributed by atoms with Crippen LogP contribution in [0.4, 0.5) is 0 Å². The van der Waals surface area contributed by atoms with Crippen LogP contribution in [-0.4, -0.2) is 28.4 Å². The van der Waals surface area contributed by atoms with Gasteiger partial charge in [0.15, 0.2) is 12.0 Å². The Kier molecular flexibility index (Phi) is 4.66. The molecule has 1 unspecified atom stereocenters. The van der Waals surface area contributed by atoms with Gasteiger partial charge in [-0.3, -0.25) is 4.79 Å². The molecule has 4 rings (SSSR count). The molecule has 1 amide bonds. The third-order valence-corrected chi connectivity index (χ3v) is 4.80. The maximum absolute atomic E-state index is 12.8. The van der Waals surface area contributed by atoms with Gasteiger partial charge in [-0.15, -0.1) is 0 Å². The molecule has 0 spiro atoms. The lowest BCUT2D eigenvalue weighted by Crippen LogP contribution is -2.43. The van der Waals surface area contributed by atoms with E-state index in [1.165, 1.54) is 6.07 Å². The first kappa shape index (κ1) is 18.3. The number of aromatic nitrogens is 1. The van der Waals surface area contributed by atoms with Crippen LogP contribution < -0.4 is 10.4 Å². The maximum Gasteiger partial charge on any atom is 0.336 e. The summed E-state index contributed by atoms with van der Waals surface area (Å²) in [5, 5.41) is 0.793. The van der Waals surface area contributed by atoms with E-state index < -0.39 is 11.7 Å². The van der Waals surface area contributed by atoms with Crippen molar-refractivity contribution in [2.75, 3.05) is 6.54 Å². The number of hydrogen-bond acceptors (Lipinski definition) is 6. The van der Waals surface area contributed by atoms with Crippen molar-refractivity contribution in [1.29, 1.82) is 0 Å². The number of ether oxygens (including phenoxy) is 1. The van der Waals surface area contributed by atoms with E-state index in [-0.39, 0.29) is 11.8 Å². The molecule has 7 heteroatoms. The lowest BCUT2D eigenvalue weighted by molar-refractivity contribution is -0.139. The molecule has 3 heterocycles. The first-order chi connectivity index (χ1) is 13.4. The summed E-state index contributed by atoms with van der Waals surface area (Å²) >= 11 is 0. The molecular formula is C21H22N2O5. The second-order valence-corrected chi connectivity index (χ2v) is 7.30. The number of nitrogens with zero attached hydrogens (tertiary/aromatic N) is 2. The lowest BCUT2D eigenvalue weighted by Gasteiger charge is -2.28. The van der Waals surface area contributed by atoms with Gasteiger partial charge in [0.2, 0.25) is 0 Å². The summed E-state index contributed by atoms with van der Waals surface area (Å²) in [4.78, 5) is 30.5. The molecule has 146 valence electrons. The lowest BCUT2D eigenvalue weighted by atomic mass is 10.1. The number of carbonyl (C=O) groups is 1. The average Bonchev–Trinajstić information content (AvgIpc) is 3.10. The quantitative estimate of drug-likeness (QED) is 0.644. The second-order valence-electron chi connectivity index (χ2n) is 7.30. The number of rotatable bonds is 4. The highest BCUT2D eigenvalue weighted by molar-refractivity contribution is 5.82. The van der Waals surface area contributed by atoms with Gasteiger partial charge in [-0.05, 0) is 25.1 Å². The van der Waals surface area contributed by atoms with E-state index in [1.807, 2.05) is 13.8 Å². The first-order valence-electron chi connectivity index (χ1n) is 9.38. The molecule has 0 N–H and O–H groups in total. The summed E-state index contributed by atoms with van der Waals surface area (Å²) in [6, 6.07) is 8.23. The molecule has 28 heavy (non-hydrogen) atoms. The molecule has 2 aromatic heterocycles. The van der Waals surface area contributed by atoms with Crippen molar-refractivity contribution in [3.63, 3.8) is 0 Å². The van der Waals surface area contributed by atoms with Gasteiger partial charge in [0.1, 0.15) is 22.8 Å². The smallest absolute Gasteiger partial charge is 0.336 e. The van der Waals surface area contributed by atoms with E-state index in [2.05, 4.69) is 4.98 Å². The SMILES string of the molecule is CC(Oc1ccc2ccc(=O)oc2c1)C(=O)N1CCc2oc(C(C)C)nc2C1. The summed E-state index contributed by atoms with van der Waals surface area (Å²) in [6.45, 7) is 6.76. The molecular weight excluding hydrogens is 360 g/mol. The van der Waals surface area contributed by atoms with Crippen LogP contribution in [0.15, 0.2) is 44.0 Å². The number of amides is 1. The monoisotopic (exact) mass is 382 g/mol. The Labute approximate surface area is 161 Å². The van der Waals surface area contributed by atoms with Crippen molar-refractivity contribution in [2.45, 2.75) is 45.8 Å². The molecule has 3 aromatic rings. The third kappa shape index (κ3) is 3.52. The third-order valence-electron chi connectivity index (χ3n) is 4.80. The standard InChI is InChI=1S/C21H22N2O5/c1-12(2)20-22-16-11-23(9-8-17(16)28-20)21(25)13(3)26-15-6-4-14-5-7-19(24)27-18(14)10-15/h4-7,10,12-13H,8-9,11H2,1-3H3. The fourth-order valence-electron chi connectivity index (χ4n) is 3.28. The van der Waals surface area contributed by atoms with Crippen molar-refractivity contribution in [1.82, 2.24) is 9.88 Å². The summed E-state index contributed by atoms with van der Waals surface area (Å²) in [5.41, 5.74) is 0.824. The minimum absolute atomic E-state index is 0.116. The van der Waals surface area contributed by atoms with E-state index in [1.54, 1.807) is 36.1 Å². The number of fused-ring (bicyclic) bond motifs is 2. The summed E-state index contributed by atoms with van der Waals surface area (Å²) in [6.07, 6.45) is -0.0276. The van der Waals surface area contributed by atoms with E-state index in [0.717, 1.165) is 16.8 Å². The van der Waals surface area contributed by atoms with Gasteiger partial charge >= 0.3 is 5.63 Å². The van der Waals surface area contributed by atoms with Gasteiger partial charge in [-0.2, -0.15) is 0 Å². The Morgan fingerprint density at radius 1 is 1.18 bits per heavy atom. The highest BCUT2D eigenvalue weighted by Gasteiger charge is 2.29. The van der Waals surface area contributed by atoms with Crippen LogP contribution in [0.2, 0.25) is 0 Å². The summed E-state index contributed by atoms with van der Waals surface area (Å²) in [5.74, 6) is 2.15. The number of hydrogen-bond donors (Lipinski definition) is 0. The molecule has 0 fully saturated rings. The van der Waals surface area contributed by atoms with E-state index in [0.29, 0.717) is 36.7 Å². The topological polar surface area (TPSA) is 85.8 Å². The molecule has 0 radical (unpaired) electrons. The highest BCUT2D eigenvalue weighted by atomic mass is 16.5. The zero-order valence-electron chi connectivity index (χ0n) is 16.1. The fraction of sp³-hybridized carbons (Fsp3) is 0.381. The van der Waals surface area contributed by atoms with Crippen LogP contribution in [0.1, 0.15) is 44.0 Å². The summed E-state index contributed by atoms with van der Waals surface area (Å²) < 4.78 is 16.8. The normalized spacial score (nSPS) is 14.9. The van der Waals surface area contributed by atoms with Crippen molar-refractivity contribution in [3.05, 3.63) is 58.1 Å². The molecule has 0 bridgehead atoms. The Hall–Kier alpha value is -3.09. The second kappa shape index (κ2) is 7.14. The molecule has 1 aliphatic heterocycles. The zero-order chi connectivity index (χ0) is 19.8. The van der Waals surface area contributed by atoms with E-state index >= 15 is 0 Å². The van der Waals surface area contributed by atoms with Gasteiger partial charge in [0.05, 0.1) is 6.54 Å².